The zero-order valence-corrected chi connectivity index (χ0v) is 18.6. The number of piperidine rings is 1. The topological polar surface area (TPSA) is 87.2 Å². The number of nitrogens with zero attached hydrogens (tertiary/aromatic N) is 3. The van der Waals surface area contributed by atoms with Crippen molar-refractivity contribution in [1.82, 2.24) is 14.1 Å². The van der Waals surface area contributed by atoms with Gasteiger partial charge in [0.05, 0.1) is 18.8 Å². The maximum absolute atomic E-state index is 13.2. The van der Waals surface area contributed by atoms with E-state index in [0.29, 0.717) is 56.8 Å². The third-order valence-corrected chi connectivity index (χ3v) is 8.56. The molecule has 1 aromatic carbocycles. The van der Waals surface area contributed by atoms with Crippen molar-refractivity contribution in [2.75, 3.05) is 53.1 Å². The molecule has 2 amide bonds. The molecule has 3 aliphatic rings. The molecule has 1 aromatic rings. The number of carbonyl (C=O) groups is 2. The fraction of sp³-hybridized carbons (Fsp3) is 0.619. The highest BCUT2D eigenvalue weighted by Crippen LogP contribution is 2.58. The van der Waals surface area contributed by atoms with Crippen LogP contribution in [0.1, 0.15) is 29.6 Å². The van der Waals surface area contributed by atoms with Gasteiger partial charge in [0.25, 0.3) is 5.91 Å². The van der Waals surface area contributed by atoms with Gasteiger partial charge in [-0.15, -0.1) is 0 Å². The van der Waals surface area contributed by atoms with E-state index in [2.05, 4.69) is 0 Å². The van der Waals surface area contributed by atoms with E-state index < -0.39 is 20.9 Å². The average molecular weight is 436 g/mol. The Balaban J connectivity index is 1.58. The van der Waals surface area contributed by atoms with Crippen LogP contribution in [0, 0.1) is 10.8 Å². The second kappa shape index (κ2) is 7.23. The molecule has 3 heterocycles. The number of hydrogen-bond acceptors (Lipinski definition) is 5. The van der Waals surface area contributed by atoms with Crippen molar-refractivity contribution in [1.29, 1.82) is 0 Å². The van der Waals surface area contributed by atoms with Crippen LogP contribution in [0.25, 0.3) is 0 Å². The Morgan fingerprint density at radius 1 is 1.10 bits per heavy atom. The molecule has 0 aromatic heterocycles. The lowest BCUT2D eigenvalue weighted by molar-refractivity contribution is -0.141. The zero-order chi connectivity index (χ0) is 21.7. The van der Waals surface area contributed by atoms with Crippen LogP contribution in [0.2, 0.25) is 0 Å². The Morgan fingerprint density at radius 2 is 1.80 bits per heavy atom. The highest BCUT2D eigenvalue weighted by molar-refractivity contribution is 7.88. The number of hydrogen-bond donors (Lipinski definition) is 0. The molecule has 3 fully saturated rings. The number of fused-ring (bicyclic) bond motifs is 1. The fourth-order valence-electron chi connectivity index (χ4n) is 5.53. The molecule has 0 saturated carbocycles. The van der Waals surface area contributed by atoms with Crippen molar-refractivity contribution >= 4 is 21.8 Å². The van der Waals surface area contributed by atoms with Crippen LogP contribution in [0.15, 0.2) is 24.3 Å². The molecule has 9 heteroatoms. The minimum absolute atomic E-state index is 0.0428. The quantitative estimate of drug-likeness (QED) is 0.708. The minimum atomic E-state index is -3.39. The maximum atomic E-state index is 13.2. The molecule has 30 heavy (non-hydrogen) atoms. The maximum Gasteiger partial charge on any atom is 0.253 e. The third kappa shape index (κ3) is 3.19. The van der Waals surface area contributed by atoms with Crippen molar-refractivity contribution in [2.45, 2.75) is 19.3 Å². The molecule has 0 aliphatic carbocycles. The number of rotatable bonds is 3. The third-order valence-electron chi connectivity index (χ3n) is 7.36. The van der Waals surface area contributed by atoms with Gasteiger partial charge in [-0.05, 0) is 37.5 Å². The van der Waals surface area contributed by atoms with Gasteiger partial charge in [0.2, 0.25) is 15.9 Å². The summed E-state index contributed by atoms with van der Waals surface area (Å²) in [6.07, 6.45) is 3.12. The van der Waals surface area contributed by atoms with E-state index in [-0.39, 0.29) is 18.4 Å². The monoisotopic (exact) mass is 435 g/mol. The summed E-state index contributed by atoms with van der Waals surface area (Å²) in [5.74, 6) is 0.610. The second-order valence-corrected chi connectivity index (χ2v) is 10.9. The molecule has 3 aliphatic heterocycles. The van der Waals surface area contributed by atoms with E-state index in [1.165, 1.54) is 10.6 Å². The van der Waals surface area contributed by atoms with Crippen molar-refractivity contribution in [3.05, 3.63) is 29.8 Å². The Morgan fingerprint density at radius 3 is 2.37 bits per heavy atom. The summed E-state index contributed by atoms with van der Waals surface area (Å²) < 4.78 is 31.4. The van der Waals surface area contributed by atoms with Gasteiger partial charge in [0.15, 0.2) is 0 Å². The smallest absolute Gasteiger partial charge is 0.253 e. The molecule has 2 spiro atoms. The standard InChI is InChI=1S/C21H29N3O5S/c1-22-10-9-21(19(22)26)15-24(30(3,27)28)14-20(21)7-11-23(12-8-20)18(25)16-5-4-6-17(13-16)29-2/h4-6,13H,7-12,14-15H2,1-3H3/t21-/m0/s1. The van der Waals surface area contributed by atoms with Gasteiger partial charge in [-0.25, -0.2) is 12.7 Å². The summed E-state index contributed by atoms with van der Waals surface area (Å²) in [7, 11) is -0.0412. The van der Waals surface area contributed by atoms with Crippen molar-refractivity contribution < 1.29 is 22.7 Å². The summed E-state index contributed by atoms with van der Waals surface area (Å²) >= 11 is 0. The zero-order valence-electron chi connectivity index (χ0n) is 17.8. The van der Waals surface area contributed by atoms with Gasteiger partial charge >= 0.3 is 0 Å². The van der Waals surface area contributed by atoms with E-state index in [1.807, 2.05) is 0 Å². The van der Waals surface area contributed by atoms with Crippen LogP contribution in [0.5, 0.6) is 5.75 Å². The van der Waals surface area contributed by atoms with E-state index in [9.17, 15) is 18.0 Å². The highest BCUT2D eigenvalue weighted by Gasteiger charge is 2.66. The summed E-state index contributed by atoms with van der Waals surface area (Å²) in [5.41, 5.74) is -0.542. The van der Waals surface area contributed by atoms with E-state index in [1.54, 1.807) is 48.2 Å². The lowest BCUT2D eigenvalue weighted by atomic mass is 9.60. The molecule has 4 rings (SSSR count). The molecular formula is C21H29N3O5S. The predicted octanol–water partition coefficient (Wildman–Crippen LogP) is 1.04. The van der Waals surface area contributed by atoms with Gasteiger partial charge in [-0.3, -0.25) is 9.59 Å². The number of likely N-dealkylation sites (tertiary alicyclic amines) is 2. The van der Waals surface area contributed by atoms with Gasteiger partial charge < -0.3 is 14.5 Å². The van der Waals surface area contributed by atoms with Crippen molar-refractivity contribution in [2.24, 2.45) is 10.8 Å². The largest absolute Gasteiger partial charge is 0.497 e. The lowest BCUT2D eigenvalue weighted by Crippen LogP contribution is -2.53. The molecule has 0 unspecified atom stereocenters. The fourth-order valence-corrected chi connectivity index (χ4v) is 6.47. The first kappa shape index (κ1) is 21.1. The minimum Gasteiger partial charge on any atom is -0.497 e. The normalized spacial score (nSPS) is 26.7. The molecule has 1 atom stereocenters. The molecule has 8 nitrogen and oxygen atoms in total. The van der Waals surface area contributed by atoms with E-state index in [0.717, 1.165) is 0 Å². The Labute approximate surface area is 177 Å². The lowest BCUT2D eigenvalue weighted by Gasteiger charge is -2.46. The van der Waals surface area contributed by atoms with E-state index in [4.69, 9.17) is 4.74 Å². The number of amides is 2. The summed E-state index contributed by atoms with van der Waals surface area (Å²) in [6.45, 7) is 2.26. The number of ether oxygens (including phenoxy) is 1. The predicted molar refractivity (Wildman–Crippen MR) is 112 cm³/mol. The molecular weight excluding hydrogens is 406 g/mol. The number of sulfonamides is 1. The van der Waals surface area contributed by atoms with Gasteiger partial charge in [0.1, 0.15) is 5.75 Å². The van der Waals surface area contributed by atoms with Crippen LogP contribution >= 0.6 is 0 Å². The van der Waals surface area contributed by atoms with E-state index >= 15 is 0 Å². The average Bonchev–Trinajstić information content (AvgIpc) is 3.21. The van der Waals surface area contributed by atoms with Crippen LogP contribution in [-0.4, -0.2) is 87.5 Å². The molecule has 164 valence electrons. The van der Waals surface area contributed by atoms with Crippen LogP contribution in [-0.2, 0) is 14.8 Å². The number of benzene rings is 1. The summed E-state index contributed by atoms with van der Waals surface area (Å²) in [4.78, 5) is 29.7. The second-order valence-electron chi connectivity index (χ2n) is 8.89. The van der Waals surface area contributed by atoms with Crippen LogP contribution in [0.3, 0.4) is 0 Å². The van der Waals surface area contributed by atoms with Gasteiger partial charge in [-0.1, -0.05) is 6.07 Å². The van der Waals surface area contributed by atoms with Crippen LogP contribution in [0.4, 0.5) is 0 Å². The Bertz CT molecular complexity index is 971. The number of methoxy groups -OCH3 is 1. The van der Waals surface area contributed by atoms with Crippen molar-refractivity contribution in [3.8, 4) is 5.75 Å². The number of carbonyl (C=O) groups excluding carboxylic acids is 2. The molecule has 0 N–H and O–H groups in total. The first-order valence-corrected chi connectivity index (χ1v) is 12.1. The van der Waals surface area contributed by atoms with Gasteiger partial charge in [-0.2, -0.15) is 0 Å². The van der Waals surface area contributed by atoms with Crippen LogP contribution < -0.4 is 4.74 Å². The Kier molecular flexibility index (Phi) is 5.09. The molecule has 0 bridgehead atoms. The SMILES string of the molecule is COc1cccc(C(=O)N2CCC3(CC2)CN(S(C)(=O)=O)C[C@]32CCN(C)C2=O)c1. The molecule has 3 saturated heterocycles. The van der Waals surface area contributed by atoms with Gasteiger partial charge in [0, 0.05) is 50.7 Å². The summed E-state index contributed by atoms with van der Waals surface area (Å²) in [6, 6.07) is 7.09. The first-order chi connectivity index (χ1) is 14.1. The highest BCUT2D eigenvalue weighted by atomic mass is 32.2. The Hall–Kier alpha value is -2.13. The first-order valence-electron chi connectivity index (χ1n) is 10.3. The molecule has 0 radical (unpaired) electrons. The van der Waals surface area contributed by atoms with Crippen molar-refractivity contribution in [3.63, 3.8) is 0 Å². The summed E-state index contributed by atoms with van der Waals surface area (Å²) in [5, 5.41) is 0.